The molecule has 0 bridgehead atoms. The summed E-state index contributed by atoms with van der Waals surface area (Å²) in [5, 5.41) is 8.63. The fourth-order valence-corrected chi connectivity index (χ4v) is 1.98. The maximum atomic E-state index is 11.8. The van der Waals surface area contributed by atoms with E-state index in [0.29, 0.717) is 11.4 Å². The second-order valence-electron chi connectivity index (χ2n) is 5.06. The van der Waals surface area contributed by atoms with Gasteiger partial charge in [-0.3, -0.25) is 9.59 Å². The van der Waals surface area contributed by atoms with E-state index >= 15 is 0 Å². The topological polar surface area (TPSA) is 92.3 Å². The maximum absolute atomic E-state index is 11.8. The standard InChI is InChI=1S/C16H18N2O4/c1-10-4-3-5-13(11(10)2)22-9-14-17-8-12(16(21)18-14)6-7-15(19)20/h3-5,8H,6-7,9H2,1-2H3,(H,19,20)(H,17,18,21). The second kappa shape index (κ2) is 6.89. The molecule has 1 aromatic carbocycles. The largest absolute Gasteiger partial charge is 0.485 e. The van der Waals surface area contributed by atoms with Gasteiger partial charge in [0.1, 0.15) is 18.2 Å². The Labute approximate surface area is 127 Å². The first kappa shape index (κ1) is 15.8. The van der Waals surface area contributed by atoms with Gasteiger partial charge in [-0.1, -0.05) is 12.1 Å². The molecular weight excluding hydrogens is 284 g/mol. The van der Waals surface area contributed by atoms with E-state index in [1.807, 2.05) is 32.0 Å². The molecule has 0 aliphatic carbocycles. The van der Waals surface area contributed by atoms with Crippen molar-refractivity contribution in [3.63, 3.8) is 0 Å². The molecule has 2 rings (SSSR count). The van der Waals surface area contributed by atoms with Crippen molar-refractivity contribution in [2.24, 2.45) is 0 Å². The Balaban J connectivity index is 2.05. The van der Waals surface area contributed by atoms with Gasteiger partial charge in [0.15, 0.2) is 0 Å². The molecule has 0 saturated heterocycles. The van der Waals surface area contributed by atoms with Crippen LogP contribution in [-0.2, 0) is 17.8 Å². The van der Waals surface area contributed by atoms with Crippen LogP contribution in [0.25, 0.3) is 0 Å². The summed E-state index contributed by atoms with van der Waals surface area (Å²) < 4.78 is 5.67. The number of hydrogen-bond acceptors (Lipinski definition) is 4. The van der Waals surface area contributed by atoms with Crippen molar-refractivity contribution < 1.29 is 14.6 Å². The summed E-state index contributed by atoms with van der Waals surface area (Å²) in [6.07, 6.45) is 1.47. The minimum Gasteiger partial charge on any atom is -0.485 e. The molecule has 22 heavy (non-hydrogen) atoms. The number of aliphatic carboxylic acids is 1. The number of nitrogens with one attached hydrogen (secondary N) is 1. The van der Waals surface area contributed by atoms with Crippen LogP contribution in [-0.4, -0.2) is 21.0 Å². The molecule has 1 heterocycles. The van der Waals surface area contributed by atoms with E-state index in [9.17, 15) is 9.59 Å². The summed E-state index contributed by atoms with van der Waals surface area (Å²) in [7, 11) is 0. The Bertz CT molecular complexity index is 737. The summed E-state index contributed by atoms with van der Waals surface area (Å²) >= 11 is 0. The molecule has 0 radical (unpaired) electrons. The molecule has 6 heteroatoms. The van der Waals surface area contributed by atoms with Crippen molar-refractivity contribution in [3.8, 4) is 5.75 Å². The van der Waals surface area contributed by atoms with Crippen LogP contribution in [0.1, 0.15) is 28.9 Å². The third-order valence-corrected chi connectivity index (χ3v) is 3.45. The van der Waals surface area contributed by atoms with E-state index in [0.717, 1.165) is 16.9 Å². The predicted molar refractivity (Wildman–Crippen MR) is 81.1 cm³/mol. The van der Waals surface area contributed by atoms with Gasteiger partial charge in [-0.15, -0.1) is 0 Å². The number of carboxylic acid groups (broad SMARTS) is 1. The zero-order chi connectivity index (χ0) is 16.1. The summed E-state index contributed by atoms with van der Waals surface area (Å²) in [4.78, 5) is 29.1. The van der Waals surface area contributed by atoms with Crippen LogP contribution in [0.5, 0.6) is 5.75 Å². The first-order valence-corrected chi connectivity index (χ1v) is 6.95. The van der Waals surface area contributed by atoms with E-state index in [4.69, 9.17) is 9.84 Å². The van der Waals surface area contributed by atoms with Crippen molar-refractivity contribution in [2.75, 3.05) is 0 Å². The summed E-state index contributed by atoms with van der Waals surface area (Å²) in [6.45, 7) is 4.12. The number of rotatable bonds is 6. The zero-order valence-electron chi connectivity index (χ0n) is 12.5. The molecule has 0 aliphatic heterocycles. The number of benzene rings is 1. The van der Waals surface area contributed by atoms with Gasteiger partial charge in [-0.2, -0.15) is 0 Å². The lowest BCUT2D eigenvalue weighted by Crippen LogP contribution is -2.18. The molecule has 116 valence electrons. The Morgan fingerprint density at radius 3 is 2.82 bits per heavy atom. The monoisotopic (exact) mass is 302 g/mol. The van der Waals surface area contributed by atoms with Crippen molar-refractivity contribution in [1.82, 2.24) is 9.97 Å². The van der Waals surface area contributed by atoms with E-state index < -0.39 is 5.97 Å². The molecule has 0 amide bonds. The van der Waals surface area contributed by atoms with Gasteiger partial charge in [0.25, 0.3) is 5.56 Å². The van der Waals surface area contributed by atoms with Crippen molar-refractivity contribution in [3.05, 3.63) is 57.3 Å². The number of ether oxygens (including phenoxy) is 1. The van der Waals surface area contributed by atoms with Crippen LogP contribution in [0, 0.1) is 13.8 Å². The van der Waals surface area contributed by atoms with E-state index in [1.165, 1.54) is 6.20 Å². The number of aromatic amines is 1. The number of hydrogen-bond donors (Lipinski definition) is 2. The number of H-pyrrole nitrogens is 1. The van der Waals surface area contributed by atoms with Crippen molar-refractivity contribution in [1.29, 1.82) is 0 Å². The molecule has 0 saturated carbocycles. The molecular formula is C16H18N2O4. The first-order chi connectivity index (χ1) is 10.5. The van der Waals surface area contributed by atoms with Gasteiger partial charge in [-0.25, -0.2) is 4.98 Å². The van der Waals surface area contributed by atoms with E-state index in [2.05, 4.69) is 9.97 Å². The lowest BCUT2D eigenvalue weighted by molar-refractivity contribution is -0.136. The van der Waals surface area contributed by atoms with Gasteiger partial charge in [0.2, 0.25) is 0 Å². The average Bonchev–Trinajstić information content (AvgIpc) is 2.47. The number of carbonyl (C=O) groups is 1. The highest BCUT2D eigenvalue weighted by molar-refractivity contribution is 5.67. The summed E-state index contributed by atoms with van der Waals surface area (Å²) in [5.41, 5.74) is 2.21. The van der Waals surface area contributed by atoms with Crippen LogP contribution in [0.3, 0.4) is 0 Å². The van der Waals surface area contributed by atoms with Crippen LogP contribution in [0.15, 0.2) is 29.2 Å². The fraction of sp³-hybridized carbons (Fsp3) is 0.312. The number of aromatic nitrogens is 2. The van der Waals surface area contributed by atoms with Crippen LogP contribution < -0.4 is 10.3 Å². The smallest absolute Gasteiger partial charge is 0.303 e. The number of nitrogens with zero attached hydrogens (tertiary/aromatic N) is 1. The van der Waals surface area contributed by atoms with Gasteiger partial charge in [0, 0.05) is 18.2 Å². The lowest BCUT2D eigenvalue weighted by Gasteiger charge is -2.10. The van der Waals surface area contributed by atoms with E-state index in [-0.39, 0.29) is 25.0 Å². The molecule has 1 aromatic heterocycles. The lowest BCUT2D eigenvalue weighted by atomic mass is 10.1. The number of carboxylic acids is 1. The second-order valence-corrected chi connectivity index (χ2v) is 5.06. The van der Waals surface area contributed by atoms with Gasteiger partial charge in [0.05, 0.1) is 0 Å². The summed E-state index contributed by atoms with van der Waals surface area (Å²) in [6, 6.07) is 5.77. The van der Waals surface area contributed by atoms with Crippen LogP contribution >= 0.6 is 0 Å². The molecule has 2 N–H and O–H groups in total. The maximum Gasteiger partial charge on any atom is 0.303 e. The average molecular weight is 302 g/mol. The molecule has 0 unspecified atom stereocenters. The molecule has 6 nitrogen and oxygen atoms in total. The third-order valence-electron chi connectivity index (χ3n) is 3.45. The highest BCUT2D eigenvalue weighted by Gasteiger charge is 2.07. The van der Waals surface area contributed by atoms with Crippen molar-refractivity contribution in [2.45, 2.75) is 33.3 Å². The first-order valence-electron chi connectivity index (χ1n) is 6.95. The van der Waals surface area contributed by atoms with Crippen LogP contribution in [0.2, 0.25) is 0 Å². The Morgan fingerprint density at radius 1 is 1.36 bits per heavy atom. The molecule has 0 fully saturated rings. The number of aryl methyl sites for hydroxylation is 2. The third kappa shape index (κ3) is 3.94. The van der Waals surface area contributed by atoms with E-state index in [1.54, 1.807) is 0 Å². The molecule has 0 aliphatic rings. The molecule has 2 aromatic rings. The summed E-state index contributed by atoms with van der Waals surface area (Å²) in [5.74, 6) is 0.212. The molecule has 0 atom stereocenters. The fourth-order valence-electron chi connectivity index (χ4n) is 1.98. The van der Waals surface area contributed by atoms with Crippen LogP contribution in [0.4, 0.5) is 0 Å². The Hall–Kier alpha value is -2.63. The van der Waals surface area contributed by atoms with Gasteiger partial charge < -0.3 is 14.8 Å². The quantitative estimate of drug-likeness (QED) is 0.851. The Morgan fingerprint density at radius 2 is 2.14 bits per heavy atom. The van der Waals surface area contributed by atoms with Gasteiger partial charge in [-0.05, 0) is 37.5 Å². The minimum atomic E-state index is -0.943. The SMILES string of the molecule is Cc1cccc(OCc2ncc(CCC(=O)O)c(=O)[nH]2)c1C. The highest BCUT2D eigenvalue weighted by Crippen LogP contribution is 2.21. The zero-order valence-corrected chi connectivity index (χ0v) is 12.5. The normalized spacial score (nSPS) is 10.5. The predicted octanol–water partition coefficient (Wildman–Crippen LogP) is 1.98. The molecule has 0 spiro atoms. The minimum absolute atomic E-state index is 0.0942. The Kier molecular flexibility index (Phi) is 4.93. The van der Waals surface area contributed by atoms with Crippen molar-refractivity contribution >= 4 is 5.97 Å². The highest BCUT2D eigenvalue weighted by atomic mass is 16.5. The van der Waals surface area contributed by atoms with Gasteiger partial charge >= 0.3 is 5.97 Å².